The van der Waals surface area contributed by atoms with Crippen LogP contribution in [0.3, 0.4) is 0 Å². The van der Waals surface area contributed by atoms with Crippen molar-refractivity contribution in [3.05, 3.63) is 39.6 Å². The van der Waals surface area contributed by atoms with E-state index in [9.17, 15) is 5.26 Å². The minimum Gasteiger partial charge on any atom is -0.389 e. The van der Waals surface area contributed by atoms with Crippen molar-refractivity contribution in [1.29, 1.82) is 5.26 Å². The molecule has 0 bridgehead atoms. The number of nitriles is 1. The number of pyridine rings is 1. The van der Waals surface area contributed by atoms with Crippen molar-refractivity contribution in [2.45, 2.75) is 82.1 Å². The van der Waals surface area contributed by atoms with Crippen LogP contribution in [0.25, 0.3) is 11.5 Å². The van der Waals surface area contributed by atoms with Crippen LogP contribution in [-0.4, -0.2) is 65.3 Å². The summed E-state index contributed by atoms with van der Waals surface area (Å²) in [6.07, 6.45) is 10.4. The second kappa shape index (κ2) is 11.0. The van der Waals surface area contributed by atoms with Gasteiger partial charge in [-0.25, -0.2) is 4.98 Å². The van der Waals surface area contributed by atoms with Crippen molar-refractivity contribution < 1.29 is 4.52 Å². The summed E-state index contributed by atoms with van der Waals surface area (Å²) in [6.45, 7) is 8.37. The predicted molar refractivity (Wildman–Crippen MR) is 161 cm³/mol. The first-order valence-corrected chi connectivity index (χ1v) is 16.2. The average molecular weight is 573 g/mol. The van der Waals surface area contributed by atoms with Crippen molar-refractivity contribution in [2.24, 2.45) is 0 Å². The zero-order chi connectivity index (χ0) is 28.0. The van der Waals surface area contributed by atoms with E-state index in [1.54, 1.807) is 0 Å². The minimum absolute atomic E-state index is 0.494. The van der Waals surface area contributed by atoms with Gasteiger partial charge in [0.1, 0.15) is 22.6 Å². The van der Waals surface area contributed by atoms with Gasteiger partial charge in [0.15, 0.2) is 0 Å². The van der Waals surface area contributed by atoms with Gasteiger partial charge >= 0.3 is 0 Å². The molecule has 2 saturated heterocycles. The number of nitrogens with one attached hydrogen (secondary N) is 1. The molecule has 1 unspecified atom stereocenters. The van der Waals surface area contributed by atoms with Gasteiger partial charge in [-0.3, -0.25) is 4.90 Å². The number of aromatic nitrogens is 3. The Morgan fingerprint density at radius 1 is 1.07 bits per heavy atom. The Morgan fingerprint density at radius 2 is 1.85 bits per heavy atom. The van der Waals surface area contributed by atoms with E-state index in [1.165, 1.54) is 42.6 Å². The van der Waals surface area contributed by atoms with Crippen molar-refractivity contribution in [1.82, 2.24) is 25.3 Å². The summed E-state index contributed by atoms with van der Waals surface area (Å²) >= 11 is 1.52. The normalized spacial score (nSPS) is 24.4. The number of piperazine rings is 1. The number of rotatable bonds is 5. The number of hydrogen-bond donors (Lipinski definition) is 2. The van der Waals surface area contributed by atoms with Crippen molar-refractivity contribution in [2.75, 3.05) is 49.9 Å². The van der Waals surface area contributed by atoms with Crippen molar-refractivity contribution in [3.8, 4) is 17.6 Å². The van der Waals surface area contributed by atoms with Gasteiger partial charge in [0.05, 0.1) is 11.0 Å². The van der Waals surface area contributed by atoms with Gasteiger partial charge in [0.2, 0.25) is 11.7 Å². The summed E-state index contributed by atoms with van der Waals surface area (Å²) in [5.74, 6) is 2.59. The van der Waals surface area contributed by atoms with Crippen LogP contribution in [0.15, 0.2) is 16.7 Å². The fourth-order valence-electron chi connectivity index (χ4n) is 7.65. The van der Waals surface area contributed by atoms with E-state index in [0.717, 1.165) is 99.4 Å². The Bertz CT molecular complexity index is 1440. The van der Waals surface area contributed by atoms with Crippen LogP contribution in [0.5, 0.6) is 0 Å². The SMILES string of the molecule is CC1(c2nc(-c3cc(C4CCNCC4)cc(N4CCN(C5CCCC5)CC4)n3)no2)CCCc2sc(N)c(C#N)c21. The maximum Gasteiger partial charge on any atom is 0.237 e. The van der Waals surface area contributed by atoms with E-state index in [4.69, 9.17) is 20.2 Å². The van der Waals surface area contributed by atoms with Gasteiger partial charge in [-0.05, 0) is 88.6 Å². The van der Waals surface area contributed by atoms with Crippen LogP contribution in [0, 0.1) is 11.3 Å². The summed E-state index contributed by atoms with van der Waals surface area (Å²) in [6, 6.07) is 7.60. The molecule has 216 valence electrons. The van der Waals surface area contributed by atoms with E-state index in [0.29, 0.717) is 28.2 Å². The lowest BCUT2D eigenvalue weighted by molar-refractivity contribution is 0.187. The summed E-state index contributed by atoms with van der Waals surface area (Å²) in [4.78, 5) is 16.4. The molecule has 0 amide bonds. The first-order chi connectivity index (χ1) is 20.0. The van der Waals surface area contributed by atoms with E-state index >= 15 is 0 Å². The number of piperidine rings is 1. The monoisotopic (exact) mass is 572 g/mol. The molecule has 9 nitrogen and oxygen atoms in total. The molecule has 3 fully saturated rings. The molecule has 3 aromatic rings. The third kappa shape index (κ3) is 4.92. The van der Waals surface area contributed by atoms with Crippen LogP contribution in [0.1, 0.15) is 91.7 Å². The molecular formula is C31H40N8OS. The molecule has 4 aliphatic rings. The lowest BCUT2D eigenvalue weighted by Crippen LogP contribution is -2.50. The standard InChI is InChI=1S/C31H40N8OS/c1-31(10-4-7-25-27(31)23(19-32)28(33)41-25)30-36-29(37-40-30)24-17-21(20-8-11-34-12-9-20)18-26(35-24)39-15-13-38(14-16-39)22-5-2-3-6-22/h17-18,20,22,34H,2-16,33H2,1H3. The van der Waals surface area contributed by atoms with Crippen molar-refractivity contribution >= 4 is 22.2 Å². The van der Waals surface area contributed by atoms with Gasteiger partial charge < -0.3 is 20.5 Å². The fraction of sp³-hybridized carbons (Fsp3) is 0.613. The molecular weight excluding hydrogens is 532 g/mol. The number of thiophene rings is 1. The lowest BCUT2D eigenvalue weighted by Gasteiger charge is -2.39. The number of aryl methyl sites for hydroxylation is 1. The Hall–Kier alpha value is -3.00. The summed E-state index contributed by atoms with van der Waals surface area (Å²) in [5.41, 5.74) is 9.35. The molecule has 3 aromatic heterocycles. The highest BCUT2D eigenvalue weighted by atomic mass is 32.1. The lowest BCUT2D eigenvalue weighted by atomic mass is 9.72. The van der Waals surface area contributed by atoms with Crippen LogP contribution < -0.4 is 16.0 Å². The minimum atomic E-state index is -0.538. The quantitative estimate of drug-likeness (QED) is 0.443. The summed E-state index contributed by atoms with van der Waals surface area (Å²) in [5, 5.41) is 18.5. The van der Waals surface area contributed by atoms with Crippen LogP contribution in [-0.2, 0) is 11.8 Å². The van der Waals surface area contributed by atoms with E-state index in [1.807, 2.05) is 0 Å². The Balaban J connectivity index is 1.21. The van der Waals surface area contributed by atoms with Gasteiger partial charge in [-0.2, -0.15) is 10.2 Å². The third-order valence-electron chi connectivity index (χ3n) is 10.0. The first-order valence-electron chi connectivity index (χ1n) is 15.4. The van der Waals surface area contributed by atoms with Gasteiger partial charge in [0.25, 0.3) is 0 Å². The Morgan fingerprint density at radius 3 is 2.61 bits per heavy atom. The highest BCUT2D eigenvalue weighted by Crippen LogP contribution is 2.48. The third-order valence-corrected chi connectivity index (χ3v) is 11.1. The highest BCUT2D eigenvalue weighted by Gasteiger charge is 2.43. The largest absolute Gasteiger partial charge is 0.389 e. The van der Waals surface area contributed by atoms with E-state index < -0.39 is 5.41 Å². The number of hydrogen-bond acceptors (Lipinski definition) is 10. The van der Waals surface area contributed by atoms with E-state index in [-0.39, 0.29) is 0 Å². The number of nitrogen functional groups attached to an aromatic ring is 1. The molecule has 2 aliphatic heterocycles. The molecule has 1 atom stereocenters. The number of fused-ring (bicyclic) bond motifs is 1. The molecule has 3 N–H and O–H groups in total. The van der Waals surface area contributed by atoms with Gasteiger partial charge in [-0.1, -0.05) is 18.0 Å². The molecule has 0 radical (unpaired) electrons. The predicted octanol–water partition coefficient (Wildman–Crippen LogP) is 4.82. The molecule has 10 heteroatoms. The smallest absolute Gasteiger partial charge is 0.237 e. The average Bonchev–Trinajstić information content (AvgIpc) is 3.78. The molecule has 0 spiro atoms. The van der Waals surface area contributed by atoms with Gasteiger partial charge in [0, 0.05) is 42.7 Å². The first kappa shape index (κ1) is 26.9. The summed E-state index contributed by atoms with van der Waals surface area (Å²) < 4.78 is 5.99. The second-order valence-electron chi connectivity index (χ2n) is 12.5. The number of nitrogens with two attached hydrogens (primary N) is 1. The molecule has 0 aromatic carbocycles. The van der Waals surface area contributed by atoms with Crippen LogP contribution in [0.4, 0.5) is 10.8 Å². The van der Waals surface area contributed by atoms with Crippen LogP contribution in [0.2, 0.25) is 0 Å². The Kier molecular flexibility index (Phi) is 7.21. The second-order valence-corrected chi connectivity index (χ2v) is 13.6. The number of nitrogens with zero attached hydrogens (tertiary/aromatic N) is 6. The Labute approximate surface area is 246 Å². The number of anilines is 2. The van der Waals surface area contributed by atoms with E-state index in [2.05, 4.69) is 45.4 Å². The fourth-order valence-corrected chi connectivity index (χ4v) is 8.84. The van der Waals surface area contributed by atoms with Crippen molar-refractivity contribution in [3.63, 3.8) is 0 Å². The van der Waals surface area contributed by atoms with Gasteiger partial charge in [-0.15, -0.1) is 11.3 Å². The zero-order valence-corrected chi connectivity index (χ0v) is 24.8. The topological polar surface area (TPSA) is 120 Å². The maximum absolute atomic E-state index is 9.90. The van der Waals surface area contributed by atoms with Crippen LogP contribution >= 0.6 is 11.3 Å². The maximum atomic E-state index is 9.90. The summed E-state index contributed by atoms with van der Waals surface area (Å²) in [7, 11) is 0. The molecule has 41 heavy (non-hydrogen) atoms. The molecule has 5 heterocycles. The molecule has 7 rings (SSSR count). The highest BCUT2D eigenvalue weighted by molar-refractivity contribution is 7.16. The molecule has 1 saturated carbocycles. The zero-order valence-electron chi connectivity index (χ0n) is 24.0. The molecule has 2 aliphatic carbocycles.